The molecule has 7 heteroatoms. The van der Waals surface area contributed by atoms with Crippen molar-refractivity contribution < 1.29 is 13.2 Å². The fourth-order valence-corrected chi connectivity index (χ4v) is 5.32. The van der Waals surface area contributed by atoms with Gasteiger partial charge in [0.1, 0.15) is 0 Å². The fourth-order valence-electron chi connectivity index (χ4n) is 3.80. The van der Waals surface area contributed by atoms with Gasteiger partial charge in [-0.25, -0.2) is 8.42 Å². The standard InChI is InChI=1S/C22H29N3O3S/c1-17-13-18(2)22(19(3)14-17)23-21(26)15-24-9-11-25(12-10-24)29(27,28)16-20-7-5-4-6-8-20/h4-8,13-14H,9-12,15-16H2,1-3H3,(H,23,26). The van der Waals surface area contributed by atoms with Gasteiger partial charge in [-0.15, -0.1) is 0 Å². The van der Waals surface area contributed by atoms with Crippen LogP contribution < -0.4 is 5.32 Å². The number of amides is 1. The van der Waals surface area contributed by atoms with Gasteiger partial charge in [0.05, 0.1) is 12.3 Å². The predicted molar refractivity (Wildman–Crippen MR) is 116 cm³/mol. The smallest absolute Gasteiger partial charge is 0.238 e. The van der Waals surface area contributed by atoms with Gasteiger partial charge in [-0.05, 0) is 37.5 Å². The highest BCUT2D eigenvalue weighted by Crippen LogP contribution is 2.22. The second-order valence-electron chi connectivity index (χ2n) is 7.74. The lowest BCUT2D eigenvalue weighted by Gasteiger charge is -2.33. The van der Waals surface area contributed by atoms with Crippen LogP contribution in [0.3, 0.4) is 0 Å². The van der Waals surface area contributed by atoms with Crippen molar-refractivity contribution in [2.24, 2.45) is 0 Å². The zero-order valence-corrected chi connectivity index (χ0v) is 18.1. The normalized spacial score (nSPS) is 16.0. The third-order valence-corrected chi connectivity index (χ3v) is 7.08. The highest BCUT2D eigenvalue weighted by molar-refractivity contribution is 7.88. The average molecular weight is 416 g/mol. The topological polar surface area (TPSA) is 69.7 Å². The second-order valence-corrected chi connectivity index (χ2v) is 9.71. The monoisotopic (exact) mass is 415 g/mol. The Morgan fingerprint density at radius 1 is 0.966 bits per heavy atom. The molecule has 6 nitrogen and oxygen atoms in total. The summed E-state index contributed by atoms with van der Waals surface area (Å²) >= 11 is 0. The van der Waals surface area contributed by atoms with E-state index in [0.29, 0.717) is 26.2 Å². The highest BCUT2D eigenvalue weighted by Gasteiger charge is 2.27. The molecule has 0 aromatic heterocycles. The maximum atomic E-state index is 12.7. The number of piperazine rings is 1. The molecule has 1 aliphatic heterocycles. The third kappa shape index (κ3) is 5.65. The molecule has 0 spiro atoms. The molecule has 1 amide bonds. The van der Waals surface area contributed by atoms with E-state index in [4.69, 9.17) is 0 Å². The summed E-state index contributed by atoms with van der Waals surface area (Å²) in [6, 6.07) is 13.3. The van der Waals surface area contributed by atoms with E-state index in [0.717, 1.165) is 22.4 Å². The number of benzene rings is 2. The molecule has 29 heavy (non-hydrogen) atoms. The fraction of sp³-hybridized carbons (Fsp3) is 0.409. The Bertz CT molecular complexity index is 943. The van der Waals surface area contributed by atoms with Crippen LogP contribution in [0.5, 0.6) is 0 Å². The number of sulfonamides is 1. The molecule has 1 aliphatic rings. The summed E-state index contributed by atoms with van der Waals surface area (Å²) in [6.45, 7) is 8.20. The summed E-state index contributed by atoms with van der Waals surface area (Å²) in [5.74, 6) is -0.0547. The van der Waals surface area contributed by atoms with Crippen LogP contribution in [0.4, 0.5) is 5.69 Å². The lowest BCUT2D eigenvalue weighted by Crippen LogP contribution is -2.50. The first-order valence-electron chi connectivity index (χ1n) is 9.86. The Kier molecular flexibility index (Phi) is 6.72. The summed E-state index contributed by atoms with van der Waals surface area (Å²) in [5, 5.41) is 3.01. The number of carbonyl (C=O) groups is 1. The predicted octanol–water partition coefficient (Wildman–Crippen LogP) is 2.70. The van der Waals surface area contributed by atoms with Gasteiger partial charge in [-0.2, -0.15) is 4.31 Å². The van der Waals surface area contributed by atoms with E-state index >= 15 is 0 Å². The molecule has 0 radical (unpaired) electrons. The third-order valence-electron chi connectivity index (χ3n) is 5.23. The molecule has 2 aromatic carbocycles. The summed E-state index contributed by atoms with van der Waals surface area (Å²) < 4.78 is 26.8. The van der Waals surface area contributed by atoms with E-state index in [-0.39, 0.29) is 18.2 Å². The van der Waals surface area contributed by atoms with Gasteiger partial charge >= 0.3 is 0 Å². The van der Waals surface area contributed by atoms with Gasteiger partial charge in [0.2, 0.25) is 15.9 Å². The minimum Gasteiger partial charge on any atom is -0.324 e. The van der Waals surface area contributed by atoms with Crippen molar-refractivity contribution in [1.82, 2.24) is 9.21 Å². The molecule has 0 atom stereocenters. The maximum Gasteiger partial charge on any atom is 0.238 e. The molecule has 0 saturated carbocycles. The minimum absolute atomic E-state index is 0.0142. The number of rotatable bonds is 6. The maximum absolute atomic E-state index is 12.7. The minimum atomic E-state index is -3.35. The van der Waals surface area contributed by atoms with Crippen molar-refractivity contribution in [2.75, 3.05) is 38.0 Å². The van der Waals surface area contributed by atoms with Gasteiger partial charge in [-0.1, -0.05) is 48.0 Å². The largest absolute Gasteiger partial charge is 0.324 e. The first-order chi connectivity index (χ1) is 13.7. The van der Waals surface area contributed by atoms with E-state index in [1.165, 1.54) is 9.87 Å². The summed E-state index contributed by atoms with van der Waals surface area (Å²) in [6.07, 6.45) is 0. The Balaban J connectivity index is 1.52. The van der Waals surface area contributed by atoms with Crippen molar-refractivity contribution in [3.05, 3.63) is 64.7 Å². The Labute approximate surface area is 173 Å². The Hall–Kier alpha value is -2.22. The Morgan fingerprint density at radius 2 is 1.55 bits per heavy atom. The molecule has 1 heterocycles. The van der Waals surface area contributed by atoms with Crippen LogP contribution in [-0.2, 0) is 20.6 Å². The lowest BCUT2D eigenvalue weighted by molar-refractivity contribution is -0.117. The van der Waals surface area contributed by atoms with Crippen molar-refractivity contribution >= 4 is 21.6 Å². The van der Waals surface area contributed by atoms with E-state index in [9.17, 15) is 13.2 Å². The van der Waals surface area contributed by atoms with E-state index in [1.54, 1.807) is 0 Å². The highest BCUT2D eigenvalue weighted by atomic mass is 32.2. The quantitative estimate of drug-likeness (QED) is 0.788. The number of hydrogen-bond acceptors (Lipinski definition) is 4. The van der Waals surface area contributed by atoms with Crippen LogP contribution >= 0.6 is 0 Å². The van der Waals surface area contributed by atoms with Gasteiger partial charge in [0, 0.05) is 31.9 Å². The molecule has 0 bridgehead atoms. The lowest BCUT2D eigenvalue weighted by atomic mass is 10.1. The van der Waals surface area contributed by atoms with Crippen LogP contribution in [0, 0.1) is 20.8 Å². The van der Waals surface area contributed by atoms with Crippen LogP contribution in [-0.4, -0.2) is 56.3 Å². The Morgan fingerprint density at radius 3 is 2.14 bits per heavy atom. The van der Waals surface area contributed by atoms with Gasteiger partial charge in [0.15, 0.2) is 0 Å². The molecule has 0 aliphatic carbocycles. The second kappa shape index (κ2) is 9.07. The average Bonchev–Trinajstić information content (AvgIpc) is 2.65. The first-order valence-corrected chi connectivity index (χ1v) is 11.5. The molecule has 1 fully saturated rings. The van der Waals surface area contributed by atoms with Crippen LogP contribution in [0.1, 0.15) is 22.3 Å². The van der Waals surface area contributed by atoms with Gasteiger partial charge in [-0.3, -0.25) is 9.69 Å². The molecule has 1 N–H and O–H groups in total. The number of aryl methyl sites for hydroxylation is 3. The van der Waals surface area contributed by atoms with E-state index < -0.39 is 10.0 Å². The summed E-state index contributed by atoms with van der Waals surface area (Å²) in [7, 11) is -3.35. The number of nitrogens with one attached hydrogen (secondary N) is 1. The molecule has 0 unspecified atom stereocenters. The van der Waals surface area contributed by atoms with Crippen molar-refractivity contribution in [2.45, 2.75) is 26.5 Å². The molecule has 2 aromatic rings. The van der Waals surface area contributed by atoms with Crippen LogP contribution in [0.25, 0.3) is 0 Å². The van der Waals surface area contributed by atoms with Crippen LogP contribution in [0.15, 0.2) is 42.5 Å². The number of hydrogen-bond donors (Lipinski definition) is 1. The van der Waals surface area contributed by atoms with Crippen molar-refractivity contribution in [3.8, 4) is 0 Å². The summed E-state index contributed by atoms with van der Waals surface area (Å²) in [5.41, 5.74) is 4.93. The molecular formula is C22H29N3O3S. The van der Waals surface area contributed by atoms with Crippen molar-refractivity contribution in [3.63, 3.8) is 0 Å². The van der Waals surface area contributed by atoms with Gasteiger partial charge < -0.3 is 5.32 Å². The molecule has 156 valence electrons. The zero-order chi connectivity index (χ0) is 21.0. The number of nitrogens with zero attached hydrogens (tertiary/aromatic N) is 2. The summed E-state index contributed by atoms with van der Waals surface area (Å²) in [4.78, 5) is 14.5. The zero-order valence-electron chi connectivity index (χ0n) is 17.3. The van der Waals surface area contributed by atoms with Gasteiger partial charge in [0.25, 0.3) is 0 Å². The first kappa shape index (κ1) is 21.5. The SMILES string of the molecule is Cc1cc(C)c(NC(=O)CN2CCN(S(=O)(=O)Cc3ccccc3)CC2)c(C)c1. The number of carbonyl (C=O) groups excluding carboxylic acids is 1. The molecule has 3 rings (SSSR count). The van der Waals surface area contributed by atoms with E-state index in [2.05, 4.69) is 17.4 Å². The molecular weight excluding hydrogens is 386 g/mol. The molecule has 1 saturated heterocycles. The van der Waals surface area contributed by atoms with Crippen molar-refractivity contribution in [1.29, 1.82) is 0 Å². The van der Waals surface area contributed by atoms with E-state index in [1.807, 2.05) is 56.0 Å². The number of anilines is 1. The van der Waals surface area contributed by atoms with Crippen LogP contribution in [0.2, 0.25) is 0 Å².